The number of rotatable bonds is 7. The van der Waals surface area contributed by atoms with Gasteiger partial charge >= 0.3 is 0 Å². The quantitative estimate of drug-likeness (QED) is 0.803. The first-order valence-corrected chi connectivity index (χ1v) is 7.07. The van der Waals surface area contributed by atoms with Gasteiger partial charge in [-0.2, -0.15) is 0 Å². The van der Waals surface area contributed by atoms with E-state index in [-0.39, 0.29) is 0 Å². The molecule has 0 aromatic carbocycles. The van der Waals surface area contributed by atoms with Crippen molar-refractivity contribution in [1.29, 1.82) is 0 Å². The monoisotopic (exact) mass is 248 g/mol. The highest BCUT2D eigenvalue weighted by molar-refractivity contribution is 5.29. The van der Waals surface area contributed by atoms with Gasteiger partial charge in [0.1, 0.15) is 0 Å². The maximum atomic E-state index is 5.39. The first kappa shape index (κ1) is 13.3. The van der Waals surface area contributed by atoms with Gasteiger partial charge in [-0.25, -0.2) is 4.98 Å². The van der Waals surface area contributed by atoms with Gasteiger partial charge in [-0.15, -0.1) is 0 Å². The summed E-state index contributed by atoms with van der Waals surface area (Å²) >= 11 is 0. The highest BCUT2D eigenvalue weighted by atomic mass is 16.5. The number of hydrogen-bond acceptors (Lipinski definition) is 3. The van der Waals surface area contributed by atoms with E-state index in [1.165, 1.54) is 31.2 Å². The van der Waals surface area contributed by atoms with Gasteiger partial charge in [0.15, 0.2) is 0 Å². The lowest BCUT2D eigenvalue weighted by molar-refractivity contribution is 0.257. The van der Waals surface area contributed by atoms with E-state index in [1.54, 1.807) is 13.3 Å². The molecule has 3 nitrogen and oxygen atoms in total. The Labute approximate surface area is 110 Å². The van der Waals surface area contributed by atoms with Gasteiger partial charge in [0.25, 0.3) is 0 Å². The lowest BCUT2D eigenvalue weighted by Crippen LogP contribution is -2.27. The highest BCUT2D eigenvalue weighted by Gasteiger charge is 2.24. The van der Waals surface area contributed by atoms with Gasteiger partial charge in [-0.1, -0.05) is 32.3 Å². The maximum Gasteiger partial charge on any atom is 0.217 e. The number of methoxy groups -OCH3 is 1. The SMILES string of the molecule is CCCNC(CC1CCC1)c1cccnc1OC. The third kappa shape index (κ3) is 3.22. The highest BCUT2D eigenvalue weighted by Crippen LogP contribution is 2.36. The van der Waals surface area contributed by atoms with Gasteiger partial charge in [0.2, 0.25) is 5.88 Å². The van der Waals surface area contributed by atoms with Crippen molar-refractivity contribution in [3.05, 3.63) is 23.9 Å². The second-order valence-corrected chi connectivity index (χ2v) is 5.14. The summed E-state index contributed by atoms with van der Waals surface area (Å²) in [4.78, 5) is 4.32. The summed E-state index contributed by atoms with van der Waals surface area (Å²) in [5.41, 5.74) is 1.21. The first-order valence-electron chi connectivity index (χ1n) is 7.07. The van der Waals surface area contributed by atoms with Crippen molar-refractivity contribution in [1.82, 2.24) is 10.3 Å². The van der Waals surface area contributed by atoms with Crippen molar-refractivity contribution in [3.8, 4) is 5.88 Å². The third-order valence-corrected chi connectivity index (χ3v) is 3.80. The van der Waals surface area contributed by atoms with E-state index in [2.05, 4.69) is 23.3 Å². The number of nitrogens with one attached hydrogen (secondary N) is 1. The molecule has 1 heterocycles. The smallest absolute Gasteiger partial charge is 0.217 e. The minimum Gasteiger partial charge on any atom is -0.481 e. The Morgan fingerprint density at radius 3 is 2.94 bits per heavy atom. The molecule has 1 aromatic rings. The maximum absolute atomic E-state index is 5.39. The fourth-order valence-electron chi connectivity index (χ4n) is 2.54. The minimum absolute atomic E-state index is 0.388. The Morgan fingerprint density at radius 1 is 1.50 bits per heavy atom. The van der Waals surface area contributed by atoms with Crippen molar-refractivity contribution >= 4 is 0 Å². The molecule has 1 N–H and O–H groups in total. The van der Waals surface area contributed by atoms with Crippen LogP contribution in [0, 0.1) is 5.92 Å². The molecule has 1 fully saturated rings. The molecule has 1 atom stereocenters. The molecule has 3 heteroatoms. The zero-order chi connectivity index (χ0) is 12.8. The van der Waals surface area contributed by atoms with Crippen LogP contribution in [0.3, 0.4) is 0 Å². The van der Waals surface area contributed by atoms with Crippen LogP contribution in [0.25, 0.3) is 0 Å². The first-order chi connectivity index (χ1) is 8.85. The molecule has 0 amide bonds. The van der Waals surface area contributed by atoms with E-state index in [0.717, 1.165) is 24.8 Å². The summed E-state index contributed by atoms with van der Waals surface area (Å²) in [7, 11) is 1.70. The Bertz CT molecular complexity index is 363. The summed E-state index contributed by atoms with van der Waals surface area (Å²) < 4.78 is 5.39. The van der Waals surface area contributed by atoms with Crippen LogP contribution >= 0.6 is 0 Å². The number of hydrogen-bond donors (Lipinski definition) is 1. The lowest BCUT2D eigenvalue weighted by Gasteiger charge is -2.30. The van der Waals surface area contributed by atoms with Gasteiger partial charge in [-0.05, 0) is 31.4 Å². The van der Waals surface area contributed by atoms with Crippen LogP contribution in [-0.4, -0.2) is 18.6 Å². The zero-order valence-electron chi connectivity index (χ0n) is 11.5. The van der Waals surface area contributed by atoms with Gasteiger partial charge < -0.3 is 10.1 Å². The molecule has 18 heavy (non-hydrogen) atoms. The predicted octanol–water partition coefficient (Wildman–Crippen LogP) is 3.32. The van der Waals surface area contributed by atoms with E-state index >= 15 is 0 Å². The molecule has 100 valence electrons. The van der Waals surface area contributed by atoms with Crippen molar-refractivity contribution in [2.75, 3.05) is 13.7 Å². The number of ether oxygens (including phenoxy) is 1. The third-order valence-electron chi connectivity index (χ3n) is 3.80. The molecule has 1 aromatic heterocycles. The molecule has 0 aliphatic heterocycles. The summed E-state index contributed by atoms with van der Waals surface area (Å²) in [5.74, 6) is 1.65. The molecule has 1 aliphatic carbocycles. The van der Waals surface area contributed by atoms with E-state index in [1.807, 2.05) is 6.07 Å². The Kier molecular flexibility index (Phi) is 5.00. The average Bonchev–Trinajstić information content (AvgIpc) is 2.37. The van der Waals surface area contributed by atoms with Crippen LogP contribution in [0.1, 0.15) is 50.6 Å². The molecule has 0 radical (unpaired) electrons. The molecule has 1 aliphatic rings. The summed E-state index contributed by atoms with van der Waals surface area (Å²) in [6, 6.07) is 4.52. The molecule has 2 rings (SSSR count). The van der Waals surface area contributed by atoms with Gasteiger partial charge in [0.05, 0.1) is 7.11 Å². The van der Waals surface area contributed by atoms with Crippen LogP contribution in [0.5, 0.6) is 5.88 Å². The average molecular weight is 248 g/mol. The standard InChI is InChI=1S/C15H24N2O/c1-3-9-16-14(11-12-6-4-7-12)13-8-5-10-17-15(13)18-2/h5,8,10,12,14,16H,3-4,6-7,9,11H2,1-2H3. The van der Waals surface area contributed by atoms with Crippen LogP contribution in [-0.2, 0) is 0 Å². The lowest BCUT2D eigenvalue weighted by atomic mass is 9.79. The molecule has 0 bridgehead atoms. The largest absolute Gasteiger partial charge is 0.481 e. The minimum atomic E-state index is 0.388. The molecule has 1 unspecified atom stereocenters. The van der Waals surface area contributed by atoms with Crippen molar-refractivity contribution in [3.63, 3.8) is 0 Å². The van der Waals surface area contributed by atoms with Crippen LogP contribution in [0.15, 0.2) is 18.3 Å². The fourth-order valence-corrected chi connectivity index (χ4v) is 2.54. The predicted molar refractivity (Wildman–Crippen MR) is 73.8 cm³/mol. The molecular weight excluding hydrogens is 224 g/mol. The Hall–Kier alpha value is -1.09. The number of nitrogens with zero attached hydrogens (tertiary/aromatic N) is 1. The van der Waals surface area contributed by atoms with E-state index in [9.17, 15) is 0 Å². The van der Waals surface area contributed by atoms with E-state index < -0.39 is 0 Å². The fraction of sp³-hybridized carbons (Fsp3) is 0.667. The zero-order valence-corrected chi connectivity index (χ0v) is 11.5. The van der Waals surface area contributed by atoms with Gasteiger partial charge in [-0.3, -0.25) is 0 Å². The van der Waals surface area contributed by atoms with E-state index in [0.29, 0.717) is 6.04 Å². The summed E-state index contributed by atoms with van der Waals surface area (Å²) in [5, 5.41) is 3.64. The Balaban J connectivity index is 2.09. The molecular formula is C15H24N2O. The van der Waals surface area contributed by atoms with Crippen molar-refractivity contribution in [2.24, 2.45) is 5.92 Å². The summed E-state index contributed by atoms with van der Waals surface area (Å²) in [6.07, 6.45) is 8.32. The molecule has 0 saturated heterocycles. The van der Waals surface area contributed by atoms with Crippen molar-refractivity contribution in [2.45, 2.75) is 45.1 Å². The van der Waals surface area contributed by atoms with Crippen LogP contribution < -0.4 is 10.1 Å². The summed E-state index contributed by atoms with van der Waals surface area (Å²) in [6.45, 7) is 3.25. The van der Waals surface area contributed by atoms with Crippen molar-refractivity contribution < 1.29 is 4.74 Å². The second-order valence-electron chi connectivity index (χ2n) is 5.14. The molecule has 0 spiro atoms. The van der Waals surface area contributed by atoms with Gasteiger partial charge in [0, 0.05) is 17.8 Å². The van der Waals surface area contributed by atoms with E-state index in [4.69, 9.17) is 4.74 Å². The number of pyridine rings is 1. The topological polar surface area (TPSA) is 34.2 Å². The van der Waals surface area contributed by atoms with Crippen LogP contribution in [0.2, 0.25) is 0 Å². The second kappa shape index (κ2) is 6.74. The number of aromatic nitrogens is 1. The normalized spacial score (nSPS) is 17.2. The Morgan fingerprint density at radius 2 is 2.33 bits per heavy atom. The molecule has 1 saturated carbocycles. The van der Waals surface area contributed by atoms with Crippen LogP contribution in [0.4, 0.5) is 0 Å².